The van der Waals surface area contributed by atoms with Crippen LogP contribution < -0.4 is 4.74 Å². The van der Waals surface area contributed by atoms with E-state index < -0.39 is 5.60 Å². The molecule has 1 aliphatic rings. The first-order chi connectivity index (χ1) is 18.7. The Bertz CT molecular complexity index is 1650. The van der Waals surface area contributed by atoms with Gasteiger partial charge in [0.15, 0.2) is 0 Å². The number of fused-ring (bicyclic) bond motifs is 3. The van der Waals surface area contributed by atoms with Crippen molar-refractivity contribution in [3.8, 4) is 16.9 Å². The summed E-state index contributed by atoms with van der Waals surface area (Å²) in [5, 5.41) is 20.3. The number of aromatic nitrogens is 6. The lowest BCUT2D eigenvalue weighted by molar-refractivity contribution is 0.0539. The third kappa shape index (κ3) is 4.09. The molecule has 1 unspecified atom stereocenters. The van der Waals surface area contributed by atoms with Gasteiger partial charge < -0.3 is 23.7 Å². The Morgan fingerprint density at radius 2 is 1.92 bits per heavy atom. The van der Waals surface area contributed by atoms with Gasteiger partial charge in [-0.25, -0.2) is 0 Å². The second kappa shape index (κ2) is 9.46. The minimum absolute atomic E-state index is 0.207. The highest BCUT2D eigenvalue weighted by Crippen LogP contribution is 2.45. The van der Waals surface area contributed by atoms with Crippen LogP contribution in [0.15, 0.2) is 35.1 Å². The van der Waals surface area contributed by atoms with Crippen molar-refractivity contribution in [2.75, 3.05) is 20.3 Å². The van der Waals surface area contributed by atoms with E-state index in [0.29, 0.717) is 24.7 Å². The van der Waals surface area contributed by atoms with Gasteiger partial charge in [0.2, 0.25) is 0 Å². The lowest BCUT2D eigenvalue weighted by Gasteiger charge is -2.33. The van der Waals surface area contributed by atoms with E-state index in [1.54, 1.807) is 27.2 Å². The summed E-state index contributed by atoms with van der Waals surface area (Å²) in [5.41, 5.74) is 6.31. The third-order valence-corrected chi connectivity index (χ3v) is 7.81. The maximum Gasteiger partial charge on any atom is 0.142 e. The van der Waals surface area contributed by atoms with E-state index in [-0.39, 0.29) is 12.0 Å². The first-order valence-electron chi connectivity index (χ1n) is 13.3. The summed E-state index contributed by atoms with van der Waals surface area (Å²) in [4.78, 5) is 9.85. The van der Waals surface area contributed by atoms with Crippen molar-refractivity contribution < 1.29 is 19.1 Å². The minimum atomic E-state index is -1.19. The van der Waals surface area contributed by atoms with Gasteiger partial charge in [0, 0.05) is 43.8 Å². The highest BCUT2D eigenvalue weighted by Gasteiger charge is 2.37. The van der Waals surface area contributed by atoms with E-state index in [4.69, 9.17) is 29.1 Å². The maximum absolute atomic E-state index is 11.3. The fourth-order valence-corrected chi connectivity index (χ4v) is 6.06. The van der Waals surface area contributed by atoms with Crippen LogP contribution in [-0.2, 0) is 17.4 Å². The van der Waals surface area contributed by atoms with E-state index in [1.165, 1.54) is 0 Å². The van der Waals surface area contributed by atoms with Gasteiger partial charge in [-0.3, -0.25) is 14.6 Å². The van der Waals surface area contributed by atoms with E-state index in [0.717, 1.165) is 63.2 Å². The van der Waals surface area contributed by atoms with Crippen molar-refractivity contribution in [3.05, 3.63) is 53.4 Å². The first kappa shape index (κ1) is 25.5. The predicted molar refractivity (Wildman–Crippen MR) is 147 cm³/mol. The molecule has 1 saturated heterocycles. The van der Waals surface area contributed by atoms with Crippen LogP contribution in [0.5, 0.6) is 5.75 Å². The van der Waals surface area contributed by atoms with Crippen molar-refractivity contribution in [1.82, 2.24) is 29.5 Å². The second-order valence-corrected chi connectivity index (χ2v) is 10.9. The van der Waals surface area contributed by atoms with Gasteiger partial charge in [0.05, 0.1) is 29.9 Å². The Labute approximate surface area is 226 Å². The molecule has 0 aromatic carbocycles. The molecule has 0 aliphatic carbocycles. The maximum atomic E-state index is 11.3. The summed E-state index contributed by atoms with van der Waals surface area (Å²) in [7, 11) is 3.57. The largest absolute Gasteiger partial charge is 0.495 e. The van der Waals surface area contributed by atoms with E-state index in [1.807, 2.05) is 43.9 Å². The van der Waals surface area contributed by atoms with Crippen LogP contribution in [0, 0.1) is 19.8 Å². The number of aliphatic hydroxyl groups is 1. The molecule has 1 N–H and O–H groups in total. The number of pyridine rings is 2. The highest BCUT2D eigenvalue weighted by atomic mass is 16.5. The Kier molecular flexibility index (Phi) is 6.19. The van der Waals surface area contributed by atoms with Gasteiger partial charge in [-0.2, -0.15) is 5.10 Å². The van der Waals surface area contributed by atoms with Crippen LogP contribution in [-0.4, -0.2) is 54.9 Å². The molecule has 10 nitrogen and oxygen atoms in total. The van der Waals surface area contributed by atoms with Gasteiger partial charge in [0.1, 0.15) is 39.5 Å². The predicted octanol–water partition coefficient (Wildman–Crippen LogP) is 4.84. The normalized spacial score (nSPS) is 15.9. The molecule has 6 heterocycles. The minimum Gasteiger partial charge on any atom is -0.495 e. The van der Waals surface area contributed by atoms with Crippen molar-refractivity contribution in [2.45, 2.75) is 52.2 Å². The zero-order valence-corrected chi connectivity index (χ0v) is 23.2. The molecule has 6 rings (SSSR count). The summed E-state index contributed by atoms with van der Waals surface area (Å²) >= 11 is 0. The number of hydrogen-bond acceptors (Lipinski definition) is 8. The summed E-state index contributed by atoms with van der Waals surface area (Å²) in [5.74, 6) is 1.66. The van der Waals surface area contributed by atoms with E-state index >= 15 is 0 Å². The quantitative estimate of drug-likeness (QED) is 0.332. The molecule has 0 spiro atoms. The zero-order chi connectivity index (χ0) is 27.5. The number of hydrogen-bond donors (Lipinski definition) is 1. The Hall–Kier alpha value is -3.76. The van der Waals surface area contributed by atoms with E-state index in [9.17, 15) is 5.11 Å². The average Bonchev–Trinajstić information content (AvgIpc) is 3.56. The lowest BCUT2D eigenvalue weighted by Crippen LogP contribution is -2.28. The third-order valence-electron chi connectivity index (χ3n) is 7.81. The van der Waals surface area contributed by atoms with Gasteiger partial charge in [-0.05, 0) is 64.7 Å². The summed E-state index contributed by atoms with van der Waals surface area (Å²) in [6, 6.07) is 5.77. The molecule has 0 radical (unpaired) electrons. The molecule has 0 amide bonds. The first-order valence-corrected chi connectivity index (χ1v) is 13.3. The molecule has 5 aromatic heterocycles. The second-order valence-electron chi connectivity index (χ2n) is 10.9. The number of rotatable bonds is 6. The molecule has 1 aliphatic heterocycles. The monoisotopic (exact) mass is 530 g/mol. The van der Waals surface area contributed by atoms with Gasteiger partial charge in [0.25, 0.3) is 0 Å². The number of ether oxygens (including phenoxy) is 2. The molecule has 1 fully saturated rings. The van der Waals surface area contributed by atoms with Crippen molar-refractivity contribution in [2.24, 2.45) is 13.0 Å². The zero-order valence-electron chi connectivity index (χ0n) is 23.2. The molecule has 39 heavy (non-hydrogen) atoms. The molecule has 5 aromatic rings. The van der Waals surface area contributed by atoms with Crippen LogP contribution in [0.2, 0.25) is 0 Å². The fraction of sp³-hybridized carbons (Fsp3) is 0.448. The molecular weight excluding hydrogens is 496 g/mol. The topological polar surface area (TPSA) is 113 Å². The Morgan fingerprint density at radius 3 is 2.59 bits per heavy atom. The average molecular weight is 531 g/mol. The molecule has 204 valence electrons. The van der Waals surface area contributed by atoms with Crippen molar-refractivity contribution in [3.63, 3.8) is 0 Å². The summed E-state index contributed by atoms with van der Waals surface area (Å²) in [6.45, 7) is 8.73. The molecule has 10 heteroatoms. The van der Waals surface area contributed by atoms with Crippen LogP contribution in [0.1, 0.15) is 55.6 Å². The lowest BCUT2D eigenvalue weighted by atomic mass is 9.88. The molecule has 0 bridgehead atoms. The molecule has 1 atom stereocenters. The Morgan fingerprint density at radius 1 is 1.15 bits per heavy atom. The van der Waals surface area contributed by atoms with Crippen LogP contribution in [0.4, 0.5) is 0 Å². The standard InChI is InChI=1S/C29H34N6O4/c1-16-22(17(2)39-33-16)19-14-20-23(31-15-19)26-27(28(29(3,4)36)32-34(26)5)35(20)25(18-9-12-38-13-10-18)24-21(37-6)8-7-11-30-24/h7-8,11,14-15,18,25,36H,9-10,12-13H2,1-6H3. The van der Waals surface area contributed by atoms with Gasteiger partial charge in [-0.1, -0.05) is 5.16 Å². The number of aryl methyl sites for hydroxylation is 3. The van der Waals surface area contributed by atoms with Crippen molar-refractivity contribution >= 4 is 22.1 Å². The number of nitrogens with zero attached hydrogens (tertiary/aromatic N) is 6. The van der Waals surface area contributed by atoms with Crippen molar-refractivity contribution in [1.29, 1.82) is 0 Å². The van der Waals surface area contributed by atoms with Crippen LogP contribution >= 0.6 is 0 Å². The fourth-order valence-electron chi connectivity index (χ4n) is 6.06. The SMILES string of the molecule is COc1cccnc1C(C1CCOCC1)n1c2cc(-c3c(C)noc3C)cnc2c2c1c(C(C)(C)O)nn2C. The highest BCUT2D eigenvalue weighted by molar-refractivity contribution is 6.06. The van der Waals surface area contributed by atoms with E-state index in [2.05, 4.69) is 15.8 Å². The Balaban J connectivity index is 1.75. The summed E-state index contributed by atoms with van der Waals surface area (Å²) < 4.78 is 21.2. The molecule has 0 saturated carbocycles. The number of methoxy groups -OCH3 is 1. The van der Waals surface area contributed by atoms with Gasteiger partial charge >= 0.3 is 0 Å². The smallest absolute Gasteiger partial charge is 0.142 e. The van der Waals surface area contributed by atoms with Crippen LogP contribution in [0.25, 0.3) is 33.2 Å². The summed E-state index contributed by atoms with van der Waals surface area (Å²) in [6.07, 6.45) is 5.39. The molecular formula is C29H34N6O4. The van der Waals surface area contributed by atoms with Crippen LogP contribution in [0.3, 0.4) is 0 Å². The van der Waals surface area contributed by atoms with Gasteiger partial charge in [-0.15, -0.1) is 0 Å².